The zero-order valence-corrected chi connectivity index (χ0v) is 20.4. The maximum absolute atomic E-state index is 14.5. The monoisotopic (exact) mass is 502 g/mol. The van der Waals surface area contributed by atoms with Gasteiger partial charge in [-0.05, 0) is 73.3 Å². The number of aryl methyl sites for hydroxylation is 2. The lowest BCUT2D eigenvalue weighted by Gasteiger charge is -2.45. The van der Waals surface area contributed by atoms with Crippen LogP contribution in [-0.2, 0) is 16.6 Å². The number of carbonyl (C=O) groups excluding carboxylic acids is 1. The Morgan fingerprint density at radius 3 is 2.61 bits per heavy atom. The molecular weight excluding hydrogens is 473 g/mol. The zero-order valence-electron chi connectivity index (χ0n) is 20.4. The van der Waals surface area contributed by atoms with Crippen LogP contribution in [0.3, 0.4) is 0 Å². The highest BCUT2D eigenvalue weighted by atomic mass is 19.4. The fourth-order valence-corrected chi connectivity index (χ4v) is 5.60. The Balaban J connectivity index is 1.75. The van der Waals surface area contributed by atoms with Crippen LogP contribution in [0.4, 0.5) is 18.9 Å². The molecule has 0 saturated carbocycles. The van der Waals surface area contributed by atoms with Crippen molar-refractivity contribution < 1.29 is 27.6 Å². The number of rotatable bonds is 6. The molecule has 1 aliphatic carbocycles. The van der Waals surface area contributed by atoms with Crippen molar-refractivity contribution in [1.82, 2.24) is 5.16 Å². The molecule has 0 spiro atoms. The first-order chi connectivity index (χ1) is 16.9. The van der Waals surface area contributed by atoms with E-state index in [0.717, 1.165) is 17.5 Å². The van der Waals surface area contributed by atoms with Crippen LogP contribution >= 0.6 is 0 Å². The Morgan fingerprint density at radius 2 is 1.92 bits per heavy atom. The molecule has 2 unspecified atom stereocenters. The number of aromatic nitrogens is 1. The van der Waals surface area contributed by atoms with Gasteiger partial charge in [-0.2, -0.15) is 13.2 Å². The smallest absolute Gasteiger partial charge is 0.373 e. The van der Waals surface area contributed by atoms with E-state index < -0.39 is 35.1 Å². The van der Waals surface area contributed by atoms with Crippen LogP contribution in [-0.4, -0.2) is 27.9 Å². The summed E-state index contributed by atoms with van der Waals surface area (Å²) in [4.78, 5) is 25.1. The van der Waals surface area contributed by atoms with Gasteiger partial charge in [0.25, 0.3) is 5.91 Å². The summed E-state index contributed by atoms with van der Waals surface area (Å²) in [6.07, 6.45) is -3.77. The van der Waals surface area contributed by atoms with Crippen molar-refractivity contribution in [3.8, 4) is 0 Å². The Hall–Kier alpha value is -3.20. The second-order valence-corrected chi connectivity index (χ2v) is 10.2. The minimum atomic E-state index is -5.22. The number of benzene rings is 2. The number of nitrogens with zero attached hydrogens (tertiary/aromatic N) is 1. The molecule has 1 heterocycles. The SMILES string of the molecule is Cc1noc(=O)c2ccc(NC(=O)C(O)(CC3(CC(C)C)CCCc4ccccc43)C(F)(F)F)cc12. The normalized spacial score (nSPS) is 19.7. The van der Waals surface area contributed by atoms with Crippen LogP contribution in [0, 0.1) is 12.8 Å². The number of fused-ring (bicyclic) bond motifs is 2. The van der Waals surface area contributed by atoms with Crippen molar-refractivity contribution in [3.63, 3.8) is 0 Å². The first-order valence-corrected chi connectivity index (χ1v) is 12.0. The lowest BCUT2D eigenvalue weighted by Crippen LogP contribution is -2.58. The lowest BCUT2D eigenvalue weighted by atomic mass is 9.61. The van der Waals surface area contributed by atoms with Crippen LogP contribution in [0.1, 0.15) is 56.4 Å². The molecule has 0 fully saturated rings. The quantitative estimate of drug-likeness (QED) is 0.468. The van der Waals surface area contributed by atoms with E-state index in [-0.39, 0.29) is 17.0 Å². The molecule has 36 heavy (non-hydrogen) atoms. The first kappa shape index (κ1) is 25.9. The van der Waals surface area contributed by atoms with Gasteiger partial charge in [0.1, 0.15) is 0 Å². The average molecular weight is 503 g/mol. The summed E-state index contributed by atoms with van der Waals surface area (Å²) in [6.45, 7) is 5.42. The van der Waals surface area contributed by atoms with Gasteiger partial charge in [0, 0.05) is 17.5 Å². The predicted molar refractivity (Wildman–Crippen MR) is 130 cm³/mol. The number of amides is 1. The van der Waals surface area contributed by atoms with Crippen molar-refractivity contribution in [2.45, 2.75) is 70.1 Å². The minimum Gasteiger partial charge on any atom is -0.373 e. The van der Waals surface area contributed by atoms with Crippen molar-refractivity contribution in [1.29, 1.82) is 0 Å². The third kappa shape index (κ3) is 4.64. The van der Waals surface area contributed by atoms with E-state index in [1.807, 2.05) is 32.0 Å². The molecule has 1 amide bonds. The summed E-state index contributed by atoms with van der Waals surface area (Å²) in [7, 11) is 0. The summed E-state index contributed by atoms with van der Waals surface area (Å²) in [5, 5.41) is 17.5. The molecule has 2 atom stereocenters. The summed E-state index contributed by atoms with van der Waals surface area (Å²) < 4.78 is 48.1. The summed E-state index contributed by atoms with van der Waals surface area (Å²) >= 11 is 0. The standard InChI is InChI=1S/C27H29F3N2O4/c1-16(2)14-25(12-6-8-18-7-4-5-9-22(18)25)15-26(35,27(28,29)30)24(34)31-19-10-11-20-21(13-19)17(3)32-36-23(20)33/h4-5,7,9-11,13,16,35H,6,8,12,14-15H2,1-3H3,(H,31,34). The molecule has 192 valence electrons. The van der Waals surface area contributed by atoms with Gasteiger partial charge in [0.2, 0.25) is 5.60 Å². The first-order valence-electron chi connectivity index (χ1n) is 12.0. The molecule has 2 aromatic carbocycles. The maximum Gasteiger partial charge on any atom is 0.426 e. The molecule has 9 heteroatoms. The molecule has 3 aromatic rings. The van der Waals surface area contributed by atoms with Crippen LogP contribution < -0.4 is 10.9 Å². The number of nitrogens with one attached hydrogen (secondary N) is 1. The van der Waals surface area contributed by atoms with Gasteiger partial charge in [-0.15, -0.1) is 0 Å². The number of halogens is 3. The zero-order chi connectivity index (χ0) is 26.3. The van der Waals surface area contributed by atoms with Crippen molar-refractivity contribution in [3.05, 3.63) is 69.7 Å². The minimum absolute atomic E-state index is 0.00706. The third-order valence-electron chi connectivity index (χ3n) is 7.08. The van der Waals surface area contributed by atoms with Gasteiger partial charge in [0.05, 0.1) is 11.1 Å². The van der Waals surface area contributed by atoms with E-state index in [1.165, 1.54) is 18.2 Å². The molecule has 2 N–H and O–H groups in total. The summed E-state index contributed by atoms with van der Waals surface area (Å²) in [5.74, 6) is -1.52. The van der Waals surface area contributed by atoms with E-state index in [2.05, 4.69) is 15.0 Å². The van der Waals surface area contributed by atoms with E-state index in [9.17, 15) is 27.9 Å². The van der Waals surface area contributed by atoms with Crippen LogP contribution in [0.15, 0.2) is 51.8 Å². The molecule has 6 nitrogen and oxygen atoms in total. The number of carbonyl (C=O) groups is 1. The van der Waals surface area contributed by atoms with E-state index in [1.54, 1.807) is 13.0 Å². The summed E-state index contributed by atoms with van der Waals surface area (Å²) in [6, 6.07) is 11.3. The molecule has 1 aliphatic rings. The molecular formula is C27H29F3N2O4. The van der Waals surface area contributed by atoms with Gasteiger partial charge in [-0.1, -0.05) is 43.3 Å². The van der Waals surface area contributed by atoms with Gasteiger partial charge < -0.3 is 14.9 Å². The molecule has 4 rings (SSSR count). The van der Waals surface area contributed by atoms with Gasteiger partial charge in [-0.3, -0.25) is 4.79 Å². The van der Waals surface area contributed by atoms with Crippen molar-refractivity contribution >= 4 is 22.4 Å². The van der Waals surface area contributed by atoms with Crippen LogP contribution in [0.25, 0.3) is 10.8 Å². The van der Waals surface area contributed by atoms with Gasteiger partial charge in [0.15, 0.2) is 0 Å². The average Bonchev–Trinajstić information content (AvgIpc) is 2.80. The third-order valence-corrected chi connectivity index (χ3v) is 7.08. The van der Waals surface area contributed by atoms with Crippen LogP contribution in [0.2, 0.25) is 0 Å². The highest BCUT2D eigenvalue weighted by Gasteiger charge is 2.62. The van der Waals surface area contributed by atoms with Crippen LogP contribution in [0.5, 0.6) is 0 Å². The largest absolute Gasteiger partial charge is 0.426 e. The number of hydrogen-bond acceptors (Lipinski definition) is 5. The van der Waals surface area contributed by atoms with Gasteiger partial charge >= 0.3 is 11.8 Å². The summed E-state index contributed by atoms with van der Waals surface area (Å²) in [5.41, 5.74) is -3.30. The van der Waals surface area contributed by atoms with Gasteiger partial charge in [-0.25, -0.2) is 4.79 Å². The lowest BCUT2D eigenvalue weighted by molar-refractivity contribution is -0.256. The van der Waals surface area contributed by atoms with E-state index in [0.29, 0.717) is 30.3 Å². The Morgan fingerprint density at radius 1 is 1.19 bits per heavy atom. The highest BCUT2D eigenvalue weighted by molar-refractivity contribution is 5.99. The highest BCUT2D eigenvalue weighted by Crippen LogP contribution is 2.50. The molecule has 0 aliphatic heterocycles. The van der Waals surface area contributed by atoms with E-state index in [4.69, 9.17) is 0 Å². The topological polar surface area (TPSA) is 92.4 Å². The van der Waals surface area contributed by atoms with E-state index >= 15 is 0 Å². The Kier molecular flexibility index (Phi) is 6.72. The molecule has 1 aromatic heterocycles. The second kappa shape index (κ2) is 9.35. The molecule has 0 saturated heterocycles. The number of anilines is 1. The number of hydrogen-bond donors (Lipinski definition) is 2. The van der Waals surface area contributed by atoms with Crippen molar-refractivity contribution in [2.75, 3.05) is 5.32 Å². The Labute approximate surface area is 206 Å². The van der Waals surface area contributed by atoms with Crippen molar-refractivity contribution in [2.24, 2.45) is 5.92 Å². The Bertz CT molecular complexity index is 1350. The fraction of sp³-hybridized carbons (Fsp3) is 0.444. The fourth-order valence-electron chi connectivity index (χ4n) is 5.60. The number of alkyl halides is 3. The second-order valence-electron chi connectivity index (χ2n) is 10.2. The number of aliphatic hydroxyl groups is 1. The molecule has 0 radical (unpaired) electrons. The predicted octanol–water partition coefficient (Wildman–Crippen LogP) is 5.44. The maximum atomic E-state index is 14.5. The molecule has 0 bridgehead atoms.